The molecule has 1 amide bonds. The Hall–Kier alpha value is -4.01. The number of nitrogens with zero attached hydrogens (tertiary/aromatic N) is 7. The Labute approximate surface area is 209 Å². The summed E-state index contributed by atoms with van der Waals surface area (Å²) in [5, 5.41) is 5.34. The molecular formula is C27H29N7O2. The first-order valence-corrected chi connectivity index (χ1v) is 12.2. The number of carbonyl (C=O) groups is 1. The fourth-order valence-electron chi connectivity index (χ4n) is 5.16. The third-order valence-electron chi connectivity index (χ3n) is 6.79. The summed E-state index contributed by atoms with van der Waals surface area (Å²) >= 11 is 0. The quantitative estimate of drug-likeness (QED) is 0.429. The number of carbonyl (C=O) groups excluding carboxylic acids is 1. The first-order valence-electron chi connectivity index (χ1n) is 12.2. The van der Waals surface area contributed by atoms with Gasteiger partial charge in [-0.15, -0.1) is 0 Å². The second-order valence-electron chi connectivity index (χ2n) is 10.6. The van der Waals surface area contributed by atoms with E-state index in [0.717, 1.165) is 58.6 Å². The monoisotopic (exact) mass is 483 g/mol. The minimum Gasteiger partial charge on any atom is -0.444 e. The fourth-order valence-corrected chi connectivity index (χ4v) is 5.16. The zero-order chi connectivity index (χ0) is 25.0. The molecule has 2 atom stereocenters. The number of fused-ring (bicyclic) bond motifs is 3. The Kier molecular flexibility index (Phi) is 5.17. The fraction of sp³-hybridized carbons (Fsp3) is 0.370. The highest BCUT2D eigenvalue weighted by Gasteiger charge is 2.49. The molecule has 3 saturated heterocycles. The first-order chi connectivity index (χ1) is 17.2. The van der Waals surface area contributed by atoms with Gasteiger partial charge in [0.2, 0.25) is 0 Å². The summed E-state index contributed by atoms with van der Waals surface area (Å²) in [6.07, 6.45) is 10.1. The second-order valence-corrected chi connectivity index (χ2v) is 10.6. The molecule has 36 heavy (non-hydrogen) atoms. The van der Waals surface area contributed by atoms with Gasteiger partial charge in [-0.2, -0.15) is 5.10 Å². The van der Waals surface area contributed by atoms with Gasteiger partial charge < -0.3 is 9.64 Å². The number of piperidine rings is 1. The molecule has 3 aromatic heterocycles. The van der Waals surface area contributed by atoms with Gasteiger partial charge >= 0.3 is 6.09 Å². The summed E-state index contributed by atoms with van der Waals surface area (Å²) in [5.74, 6) is 0.822. The van der Waals surface area contributed by atoms with Crippen LogP contribution in [0.1, 0.15) is 27.2 Å². The van der Waals surface area contributed by atoms with Crippen molar-refractivity contribution in [3.05, 3.63) is 55.2 Å². The van der Waals surface area contributed by atoms with Gasteiger partial charge in [-0.25, -0.2) is 9.78 Å². The van der Waals surface area contributed by atoms with E-state index in [0.29, 0.717) is 0 Å². The van der Waals surface area contributed by atoms with Crippen LogP contribution in [0.4, 0.5) is 10.6 Å². The minimum absolute atomic E-state index is 0.145. The molecular weight excluding hydrogens is 454 g/mol. The Bertz CT molecular complexity index is 1430. The average molecular weight is 484 g/mol. The zero-order valence-corrected chi connectivity index (χ0v) is 20.9. The molecule has 0 saturated carbocycles. The van der Waals surface area contributed by atoms with Crippen LogP contribution in [0.3, 0.4) is 0 Å². The lowest BCUT2D eigenvalue weighted by atomic mass is 9.88. The van der Waals surface area contributed by atoms with E-state index < -0.39 is 5.60 Å². The second kappa shape index (κ2) is 8.29. The molecule has 184 valence electrons. The van der Waals surface area contributed by atoms with Crippen LogP contribution in [0.25, 0.3) is 33.3 Å². The van der Waals surface area contributed by atoms with Crippen LogP contribution in [0.15, 0.2) is 55.2 Å². The van der Waals surface area contributed by atoms with Gasteiger partial charge in [-0.3, -0.25) is 19.5 Å². The molecule has 7 rings (SSSR count). The number of aromatic nitrogens is 5. The van der Waals surface area contributed by atoms with Gasteiger partial charge in [0.1, 0.15) is 11.4 Å². The van der Waals surface area contributed by atoms with Crippen LogP contribution in [0.5, 0.6) is 0 Å². The number of hydrogen-bond donors (Lipinski definition) is 0. The average Bonchev–Trinajstić information content (AvgIpc) is 3.28. The summed E-state index contributed by atoms with van der Waals surface area (Å²) in [4.78, 5) is 30.8. The molecule has 9 heteroatoms. The number of hydrogen-bond acceptors (Lipinski definition) is 7. The van der Waals surface area contributed by atoms with Crippen molar-refractivity contribution in [3.8, 4) is 22.4 Å². The number of rotatable bonds is 3. The van der Waals surface area contributed by atoms with Gasteiger partial charge in [-0.1, -0.05) is 6.07 Å². The lowest BCUT2D eigenvalue weighted by molar-refractivity contribution is -0.0380. The Balaban J connectivity index is 1.25. The third-order valence-corrected chi connectivity index (χ3v) is 6.79. The highest BCUT2D eigenvalue weighted by atomic mass is 16.6. The van der Waals surface area contributed by atoms with E-state index in [1.54, 1.807) is 10.9 Å². The summed E-state index contributed by atoms with van der Waals surface area (Å²) in [5.41, 5.74) is 4.25. The number of benzene rings is 1. The summed E-state index contributed by atoms with van der Waals surface area (Å²) in [7, 11) is 1.91. The molecule has 1 aromatic carbocycles. The number of aryl methyl sites for hydroxylation is 1. The van der Waals surface area contributed by atoms with Gasteiger partial charge in [0, 0.05) is 49.0 Å². The van der Waals surface area contributed by atoms with Crippen molar-refractivity contribution in [2.75, 3.05) is 18.0 Å². The van der Waals surface area contributed by atoms with E-state index in [4.69, 9.17) is 14.7 Å². The Morgan fingerprint density at radius 3 is 2.50 bits per heavy atom. The molecule has 0 N–H and O–H groups in total. The van der Waals surface area contributed by atoms with E-state index in [2.05, 4.69) is 33.2 Å². The third kappa shape index (κ3) is 4.04. The van der Waals surface area contributed by atoms with Crippen LogP contribution in [0, 0.1) is 0 Å². The molecule has 6 heterocycles. The molecule has 3 fully saturated rings. The van der Waals surface area contributed by atoms with Gasteiger partial charge in [0.25, 0.3) is 0 Å². The molecule has 4 aromatic rings. The van der Waals surface area contributed by atoms with Gasteiger partial charge in [0.05, 0.1) is 41.9 Å². The van der Waals surface area contributed by atoms with E-state index in [-0.39, 0.29) is 18.2 Å². The predicted octanol–water partition coefficient (Wildman–Crippen LogP) is 4.29. The lowest BCUT2D eigenvalue weighted by Crippen LogP contribution is -2.70. The van der Waals surface area contributed by atoms with Crippen molar-refractivity contribution in [2.45, 2.75) is 44.9 Å². The van der Waals surface area contributed by atoms with Crippen molar-refractivity contribution in [2.24, 2.45) is 7.05 Å². The van der Waals surface area contributed by atoms with Crippen LogP contribution in [0.2, 0.25) is 0 Å². The normalized spacial score (nSPS) is 19.3. The molecule has 3 aliphatic heterocycles. The van der Waals surface area contributed by atoms with Crippen LogP contribution in [-0.2, 0) is 11.8 Å². The molecule has 0 spiro atoms. The highest BCUT2D eigenvalue weighted by molar-refractivity contribution is 5.97. The summed E-state index contributed by atoms with van der Waals surface area (Å²) in [6.45, 7) is 7.15. The smallest absolute Gasteiger partial charge is 0.410 e. The van der Waals surface area contributed by atoms with Crippen molar-refractivity contribution in [1.29, 1.82) is 0 Å². The molecule has 0 aliphatic carbocycles. The maximum Gasteiger partial charge on any atom is 0.410 e. The van der Waals surface area contributed by atoms with E-state index in [1.807, 2.05) is 63.6 Å². The van der Waals surface area contributed by atoms with E-state index in [9.17, 15) is 4.79 Å². The van der Waals surface area contributed by atoms with Gasteiger partial charge in [-0.05, 0) is 51.0 Å². The van der Waals surface area contributed by atoms with Crippen molar-refractivity contribution < 1.29 is 9.53 Å². The molecule has 9 nitrogen and oxygen atoms in total. The Morgan fingerprint density at radius 1 is 1.03 bits per heavy atom. The lowest BCUT2D eigenvalue weighted by Gasteiger charge is -2.55. The predicted molar refractivity (Wildman–Crippen MR) is 137 cm³/mol. The zero-order valence-electron chi connectivity index (χ0n) is 20.9. The van der Waals surface area contributed by atoms with Gasteiger partial charge in [0.15, 0.2) is 0 Å². The number of anilines is 1. The molecule has 2 unspecified atom stereocenters. The van der Waals surface area contributed by atoms with Crippen molar-refractivity contribution >= 4 is 22.8 Å². The van der Waals surface area contributed by atoms with Crippen molar-refractivity contribution in [3.63, 3.8) is 0 Å². The number of ether oxygens (including phenoxy) is 1. The van der Waals surface area contributed by atoms with E-state index >= 15 is 0 Å². The summed E-state index contributed by atoms with van der Waals surface area (Å²) in [6, 6.07) is 8.49. The highest BCUT2D eigenvalue weighted by Crippen LogP contribution is 2.36. The molecule has 3 aliphatic rings. The topological polar surface area (TPSA) is 89.3 Å². The molecule has 2 bridgehead atoms. The maximum absolute atomic E-state index is 12.6. The van der Waals surface area contributed by atoms with Crippen LogP contribution >= 0.6 is 0 Å². The first kappa shape index (κ1) is 22.5. The maximum atomic E-state index is 12.6. The van der Waals surface area contributed by atoms with Crippen LogP contribution < -0.4 is 4.90 Å². The number of piperazine rings is 1. The van der Waals surface area contributed by atoms with Crippen molar-refractivity contribution in [1.82, 2.24) is 29.6 Å². The van der Waals surface area contributed by atoms with E-state index in [1.165, 1.54) is 0 Å². The largest absolute Gasteiger partial charge is 0.444 e. The Morgan fingerprint density at radius 2 is 1.83 bits per heavy atom. The standard InChI is InChI=1S/C27H29N7O2/c1-27(2,3)36-26(35)34-19-10-20(34)16-33(15-19)25-13-29-24(12-30-25)22-8-17(18-11-31-32(4)14-18)9-23-21(22)6-5-7-28-23/h5-9,11-14,19-20H,10,15-16H2,1-4H3. The minimum atomic E-state index is -0.490. The SMILES string of the molecule is Cn1cc(-c2cc(-c3cnc(N4CC5CC(C4)N5C(=O)OC(C)(C)C)cn3)c3cccnc3c2)cn1. The number of amides is 1. The van der Waals surface area contributed by atoms with Crippen LogP contribution in [-0.4, -0.2) is 66.5 Å². The summed E-state index contributed by atoms with van der Waals surface area (Å²) < 4.78 is 7.38. The number of pyridine rings is 1. The molecule has 0 radical (unpaired) electrons.